The zero-order valence-electron chi connectivity index (χ0n) is 15.3. The second kappa shape index (κ2) is 9.86. The van der Waals surface area contributed by atoms with Crippen molar-refractivity contribution in [1.29, 1.82) is 0 Å². The first-order valence-electron chi connectivity index (χ1n) is 8.80. The minimum Gasteiger partial charge on any atom is -0.373 e. The number of ether oxygens (including phenoxy) is 1. The lowest BCUT2D eigenvalue weighted by Crippen LogP contribution is -2.45. The second-order valence-electron chi connectivity index (χ2n) is 6.42. The minimum absolute atomic E-state index is 0. The van der Waals surface area contributed by atoms with E-state index in [0.29, 0.717) is 6.54 Å². The van der Waals surface area contributed by atoms with Crippen molar-refractivity contribution in [2.45, 2.75) is 38.8 Å². The molecule has 0 bridgehead atoms. The maximum atomic E-state index is 5.83. The summed E-state index contributed by atoms with van der Waals surface area (Å²) < 4.78 is 7.57. The van der Waals surface area contributed by atoms with Crippen molar-refractivity contribution in [3.05, 3.63) is 42.4 Å². The first-order valence-corrected chi connectivity index (χ1v) is 8.80. The van der Waals surface area contributed by atoms with Crippen LogP contribution in [-0.2, 0) is 11.3 Å². The van der Waals surface area contributed by atoms with Crippen LogP contribution in [-0.4, -0.2) is 46.0 Å². The molecular formula is C18H27IN6O. The molecule has 0 spiro atoms. The van der Waals surface area contributed by atoms with Crippen LogP contribution in [0.1, 0.15) is 32.3 Å². The summed E-state index contributed by atoms with van der Waals surface area (Å²) in [4.78, 5) is 9.03. The first-order chi connectivity index (χ1) is 12.2. The van der Waals surface area contributed by atoms with Crippen molar-refractivity contribution in [1.82, 2.24) is 25.4 Å². The predicted octanol–water partition coefficient (Wildman–Crippen LogP) is 2.51. The molecule has 1 fully saturated rings. The van der Waals surface area contributed by atoms with Gasteiger partial charge in [0.25, 0.3) is 0 Å². The highest BCUT2D eigenvalue weighted by Gasteiger charge is 2.29. The van der Waals surface area contributed by atoms with Gasteiger partial charge in [0, 0.05) is 38.3 Å². The average Bonchev–Trinajstić information content (AvgIpc) is 3.30. The van der Waals surface area contributed by atoms with Gasteiger partial charge < -0.3 is 15.4 Å². The molecule has 8 heteroatoms. The average molecular weight is 470 g/mol. The Bertz CT molecular complexity index is 697. The van der Waals surface area contributed by atoms with Gasteiger partial charge in [-0.2, -0.15) is 5.10 Å². The summed E-state index contributed by atoms with van der Waals surface area (Å²) in [5, 5.41) is 10.9. The molecule has 3 rings (SSSR count). The predicted molar refractivity (Wildman–Crippen MR) is 113 cm³/mol. The third-order valence-electron chi connectivity index (χ3n) is 4.24. The number of halogens is 1. The molecule has 1 atom stereocenters. The first kappa shape index (κ1) is 20.6. The molecule has 2 aromatic rings. The van der Waals surface area contributed by atoms with Crippen LogP contribution in [0.2, 0.25) is 0 Å². The molecule has 2 aromatic heterocycles. The largest absolute Gasteiger partial charge is 0.373 e. The number of hydrogen-bond acceptors (Lipinski definition) is 4. The van der Waals surface area contributed by atoms with Crippen molar-refractivity contribution in [3.63, 3.8) is 0 Å². The van der Waals surface area contributed by atoms with Gasteiger partial charge in [-0.1, -0.05) is 0 Å². The van der Waals surface area contributed by atoms with E-state index in [4.69, 9.17) is 4.74 Å². The molecule has 0 amide bonds. The fraction of sp³-hybridized carbons (Fsp3) is 0.500. The molecule has 1 unspecified atom stereocenters. The Labute approximate surface area is 171 Å². The zero-order valence-corrected chi connectivity index (χ0v) is 17.6. The number of nitrogens with one attached hydrogen (secondary N) is 2. The van der Waals surface area contributed by atoms with Gasteiger partial charge in [-0.15, -0.1) is 24.0 Å². The summed E-state index contributed by atoms with van der Waals surface area (Å²) in [7, 11) is 0. The highest BCUT2D eigenvalue weighted by molar-refractivity contribution is 14.0. The molecule has 3 heterocycles. The van der Waals surface area contributed by atoms with Gasteiger partial charge >= 0.3 is 0 Å². The van der Waals surface area contributed by atoms with Gasteiger partial charge in [0.2, 0.25) is 0 Å². The standard InChI is InChI=1S/C18H26N6O.HI/c1-3-19-17(22-14-18(2)7-4-11-25-18)21-13-15-6-9-20-16(12-15)24-10-5-8-23-24;/h5-6,8-10,12H,3-4,7,11,13-14H2,1-2H3,(H2,19,21,22);1H. The molecule has 0 aliphatic carbocycles. The molecule has 1 aliphatic rings. The van der Waals surface area contributed by atoms with Crippen molar-refractivity contribution in [2.24, 2.45) is 4.99 Å². The third-order valence-corrected chi connectivity index (χ3v) is 4.24. The van der Waals surface area contributed by atoms with Crippen LogP contribution < -0.4 is 10.6 Å². The van der Waals surface area contributed by atoms with Crippen LogP contribution in [0.4, 0.5) is 0 Å². The maximum absolute atomic E-state index is 5.83. The van der Waals surface area contributed by atoms with Gasteiger partial charge in [0.05, 0.1) is 12.1 Å². The number of guanidine groups is 1. The molecule has 142 valence electrons. The zero-order chi connectivity index (χ0) is 17.5. The molecule has 26 heavy (non-hydrogen) atoms. The smallest absolute Gasteiger partial charge is 0.191 e. The summed E-state index contributed by atoms with van der Waals surface area (Å²) in [6.45, 7) is 7.21. The van der Waals surface area contributed by atoms with Crippen molar-refractivity contribution in [3.8, 4) is 5.82 Å². The van der Waals surface area contributed by atoms with Gasteiger partial charge in [-0.05, 0) is 50.5 Å². The Morgan fingerprint density at radius 1 is 1.38 bits per heavy atom. The Balaban J connectivity index is 0.00000243. The molecule has 1 saturated heterocycles. The minimum atomic E-state index is -0.0971. The fourth-order valence-electron chi connectivity index (χ4n) is 2.85. The van der Waals surface area contributed by atoms with Crippen LogP contribution in [0.5, 0.6) is 0 Å². The van der Waals surface area contributed by atoms with Crippen molar-refractivity contribution in [2.75, 3.05) is 19.7 Å². The Morgan fingerprint density at radius 2 is 2.27 bits per heavy atom. The lowest BCUT2D eigenvalue weighted by atomic mass is 10.0. The number of pyridine rings is 1. The summed E-state index contributed by atoms with van der Waals surface area (Å²) in [5.74, 6) is 1.60. The second-order valence-corrected chi connectivity index (χ2v) is 6.42. The van der Waals surface area contributed by atoms with E-state index in [2.05, 4.69) is 39.6 Å². The number of hydrogen-bond donors (Lipinski definition) is 2. The van der Waals surface area contributed by atoms with E-state index in [1.54, 1.807) is 17.1 Å². The Morgan fingerprint density at radius 3 is 2.96 bits per heavy atom. The lowest BCUT2D eigenvalue weighted by Gasteiger charge is -2.24. The fourth-order valence-corrected chi connectivity index (χ4v) is 2.85. The highest BCUT2D eigenvalue weighted by atomic mass is 127. The van der Waals surface area contributed by atoms with Crippen molar-refractivity contribution < 1.29 is 4.74 Å². The number of rotatable bonds is 6. The molecular weight excluding hydrogens is 443 g/mol. The van der Waals surface area contributed by atoms with E-state index in [-0.39, 0.29) is 29.6 Å². The van der Waals surface area contributed by atoms with Crippen molar-refractivity contribution >= 4 is 29.9 Å². The quantitative estimate of drug-likeness (QED) is 0.386. The molecule has 0 saturated carbocycles. The van der Waals surface area contributed by atoms with Crippen LogP contribution in [0, 0.1) is 0 Å². The van der Waals surface area contributed by atoms with E-state index in [1.807, 2.05) is 24.4 Å². The normalized spacial score (nSPS) is 19.8. The number of nitrogens with zero attached hydrogens (tertiary/aromatic N) is 4. The molecule has 0 radical (unpaired) electrons. The summed E-state index contributed by atoms with van der Waals surface area (Å²) >= 11 is 0. The number of aliphatic imine (C=N–C) groups is 1. The van der Waals surface area contributed by atoms with E-state index in [1.165, 1.54) is 0 Å². The number of aromatic nitrogens is 3. The topological polar surface area (TPSA) is 76.4 Å². The maximum Gasteiger partial charge on any atom is 0.191 e. The van der Waals surface area contributed by atoms with Crippen LogP contribution >= 0.6 is 24.0 Å². The van der Waals surface area contributed by atoms with E-state index < -0.39 is 0 Å². The van der Waals surface area contributed by atoms with E-state index in [0.717, 1.165) is 49.9 Å². The SMILES string of the molecule is CCNC(=NCc1ccnc(-n2cccn2)c1)NCC1(C)CCCO1.I. The molecule has 0 aromatic carbocycles. The van der Waals surface area contributed by atoms with Gasteiger partial charge in [-0.3, -0.25) is 0 Å². The third kappa shape index (κ3) is 5.66. The molecule has 7 nitrogen and oxygen atoms in total. The highest BCUT2D eigenvalue weighted by Crippen LogP contribution is 2.23. The molecule has 2 N–H and O–H groups in total. The monoisotopic (exact) mass is 470 g/mol. The van der Waals surface area contributed by atoms with E-state index >= 15 is 0 Å². The molecule has 1 aliphatic heterocycles. The van der Waals surface area contributed by atoms with Crippen LogP contribution in [0.15, 0.2) is 41.8 Å². The van der Waals surface area contributed by atoms with Gasteiger partial charge in [0.1, 0.15) is 0 Å². The summed E-state index contributed by atoms with van der Waals surface area (Å²) in [6, 6.07) is 5.86. The van der Waals surface area contributed by atoms with E-state index in [9.17, 15) is 0 Å². The van der Waals surface area contributed by atoms with Gasteiger partial charge in [0.15, 0.2) is 11.8 Å². The Hall–Kier alpha value is -1.68. The van der Waals surface area contributed by atoms with Gasteiger partial charge in [-0.25, -0.2) is 14.7 Å². The Kier molecular flexibility index (Phi) is 7.83. The van der Waals surface area contributed by atoms with Crippen LogP contribution in [0.25, 0.3) is 5.82 Å². The summed E-state index contributed by atoms with van der Waals surface area (Å²) in [5.41, 5.74) is 0.987. The van der Waals surface area contributed by atoms with Crippen LogP contribution in [0.3, 0.4) is 0 Å². The summed E-state index contributed by atoms with van der Waals surface area (Å²) in [6.07, 6.45) is 7.61. The lowest BCUT2D eigenvalue weighted by molar-refractivity contribution is 0.0243.